The average molecular weight is 655 g/mol. The summed E-state index contributed by atoms with van der Waals surface area (Å²) in [4.78, 5) is 38.8. The largest absolute Gasteiger partial charge is 1.00 e. The molecule has 9 nitrogen and oxygen atoms in total. The molecule has 6 aliphatic rings. The number of rotatable bonds is 6. The standard InChI is InChI=1S/C34H34N4O5.2K/c1-7-18-14(3)21-11-23-16(5)20(9-10-27(39)40)31(37-23)29-30(34(42)43)33(41)28-17(6)24(38-32(28)29)13-26-19(8-2)15(4)22(36-26)12-25(18)35-21;;/h7,11-13,16,20,30,37,41H,1,8-10H2,2-6H3,(H,39,40)(H,42,43);;/q;2*+1/p-2/t16-,20-,30+;;/m0../s1. The van der Waals surface area contributed by atoms with E-state index in [4.69, 9.17) is 15.0 Å². The van der Waals surface area contributed by atoms with Crippen molar-refractivity contribution in [1.82, 2.24) is 5.32 Å². The van der Waals surface area contributed by atoms with E-state index in [0.29, 0.717) is 34.0 Å². The number of carboxylic acids is 2. The van der Waals surface area contributed by atoms with Gasteiger partial charge in [-0.15, -0.1) is 0 Å². The Bertz CT molecular complexity index is 1810. The van der Waals surface area contributed by atoms with Gasteiger partial charge in [0, 0.05) is 45.9 Å². The van der Waals surface area contributed by atoms with Gasteiger partial charge >= 0.3 is 103 Å². The Kier molecular flexibility index (Phi) is 11.2. The molecule has 0 unspecified atom stereocenters. The first kappa shape index (κ1) is 36.3. The fourth-order valence-electron chi connectivity index (χ4n) is 6.93. The molecule has 45 heavy (non-hydrogen) atoms. The van der Waals surface area contributed by atoms with E-state index in [1.165, 1.54) is 0 Å². The third kappa shape index (κ3) is 6.03. The third-order valence-corrected chi connectivity index (χ3v) is 9.32. The van der Waals surface area contributed by atoms with Crippen molar-refractivity contribution in [3.8, 4) is 0 Å². The third-order valence-electron chi connectivity index (χ3n) is 9.32. The molecule has 0 spiro atoms. The predicted molar refractivity (Wildman–Crippen MR) is 160 cm³/mol. The summed E-state index contributed by atoms with van der Waals surface area (Å²) in [6, 6.07) is 0. The summed E-state index contributed by atoms with van der Waals surface area (Å²) < 4.78 is 0. The molecule has 0 aromatic heterocycles. The van der Waals surface area contributed by atoms with E-state index in [0.717, 1.165) is 51.5 Å². The van der Waals surface area contributed by atoms with Crippen molar-refractivity contribution >= 4 is 29.1 Å². The number of hydrogen-bond acceptors (Lipinski definition) is 9. The predicted octanol–water partition coefficient (Wildman–Crippen LogP) is -2.64. The molecule has 0 amide bonds. The first-order chi connectivity index (χ1) is 20.5. The van der Waals surface area contributed by atoms with E-state index in [2.05, 4.69) is 18.8 Å². The number of aliphatic imine (C=N–C) groups is 3. The Morgan fingerprint density at radius 3 is 2.29 bits per heavy atom. The molecule has 0 saturated carbocycles. The summed E-state index contributed by atoms with van der Waals surface area (Å²) in [5.74, 6) is -5.08. The molecule has 0 radical (unpaired) electrons. The second-order valence-electron chi connectivity index (χ2n) is 11.6. The Morgan fingerprint density at radius 1 is 1.00 bits per heavy atom. The second kappa shape index (κ2) is 13.9. The van der Waals surface area contributed by atoms with Gasteiger partial charge in [0.05, 0.1) is 46.1 Å². The number of allylic oxidation sites excluding steroid dienone is 11. The van der Waals surface area contributed by atoms with Gasteiger partial charge in [-0.3, -0.25) is 0 Å². The first-order valence-corrected chi connectivity index (χ1v) is 14.5. The van der Waals surface area contributed by atoms with Gasteiger partial charge in [-0.2, -0.15) is 0 Å². The van der Waals surface area contributed by atoms with Gasteiger partial charge in [0.2, 0.25) is 0 Å². The summed E-state index contributed by atoms with van der Waals surface area (Å²) in [5, 5.41) is 38.8. The van der Waals surface area contributed by atoms with Gasteiger partial charge in [0.1, 0.15) is 5.76 Å². The van der Waals surface area contributed by atoms with E-state index >= 15 is 0 Å². The zero-order valence-electron chi connectivity index (χ0n) is 26.8. The van der Waals surface area contributed by atoms with Crippen LogP contribution in [0.15, 0.2) is 119 Å². The van der Waals surface area contributed by atoms with Crippen molar-refractivity contribution in [2.45, 2.75) is 53.9 Å². The normalized spacial score (nSPS) is 24.9. The molecule has 2 N–H and O–H groups in total. The number of aliphatic hydroxyl groups excluding tert-OH is 1. The van der Waals surface area contributed by atoms with Crippen LogP contribution in [0, 0.1) is 17.8 Å². The number of carbonyl (C=O) groups excluding carboxylic acids is 2. The van der Waals surface area contributed by atoms with Crippen LogP contribution in [-0.2, 0) is 9.59 Å². The molecular weight excluding hydrogens is 623 g/mol. The molecule has 0 aromatic carbocycles. The second-order valence-corrected chi connectivity index (χ2v) is 11.6. The molecule has 220 valence electrons. The SMILES string of the molecule is C=CC1=C(C)C2=NC1=CC1=NC(=CC3=C(C)C4=C(O)[C@H](C(=O)[O-])C(=C5NC(=C2)[C@@H](C)[C@@H]5CCC(=O)[O-])C4=N3)C(CC)=C1C.[K+].[K+]. The van der Waals surface area contributed by atoms with Gasteiger partial charge in [0.15, 0.2) is 0 Å². The molecule has 0 aromatic rings. The zero-order chi connectivity index (χ0) is 30.9. The van der Waals surface area contributed by atoms with Crippen LogP contribution in [0.25, 0.3) is 0 Å². The molecule has 1 aliphatic carbocycles. The summed E-state index contributed by atoms with van der Waals surface area (Å²) in [6.45, 7) is 13.8. The molecule has 6 rings (SSSR count). The number of nitrogens with one attached hydrogen (secondary N) is 1. The topological polar surface area (TPSA) is 150 Å². The van der Waals surface area contributed by atoms with Crippen LogP contribution < -0.4 is 118 Å². The number of carbonyl (C=O) groups is 2. The van der Waals surface area contributed by atoms with Crippen molar-refractivity contribution in [2.75, 3.05) is 0 Å². The van der Waals surface area contributed by atoms with Gasteiger partial charge in [-0.25, -0.2) is 15.0 Å². The average Bonchev–Trinajstić information content (AvgIpc) is 3.68. The monoisotopic (exact) mass is 654 g/mol. The number of aliphatic hydroxyl groups is 1. The minimum atomic E-state index is -1.46. The first-order valence-electron chi connectivity index (χ1n) is 14.5. The fraction of sp³-hybridized carbons (Fsp3) is 0.324. The van der Waals surface area contributed by atoms with Crippen molar-refractivity contribution < 1.29 is 128 Å². The van der Waals surface area contributed by atoms with E-state index in [1.54, 1.807) is 13.0 Å². The Balaban J connectivity index is 0.00000230. The number of aliphatic carboxylic acids is 2. The maximum absolute atomic E-state index is 12.5. The van der Waals surface area contributed by atoms with Gasteiger partial charge in [0.25, 0.3) is 0 Å². The molecule has 1 saturated heterocycles. The van der Waals surface area contributed by atoms with Crippen molar-refractivity contribution in [2.24, 2.45) is 32.7 Å². The van der Waals surface area contributed by atoms with Crippen molar-refractivity contribution in [3.05, 3.63) is 104 Å². The minimum Gasteiger partial charge on any atom is -0.550 e. The molecule has 5 aliphatic heterocycles. The molecule has 11 heteroatoms. The van der Waals surface area contributed by atoms with Crippen molar-refractivity contribution in [1.29, 1.82) is 0 Å². The van der Waals surface area contributed by atoms with E-state index in [1.807, 2.05) is 39.0 Å². The number of fused-ring (bicyclic) bond motifs is 5. The van der Waals surface area contributed by atoms with Crippen molar-refractivity contribution in [3.63, 3.8) is 0 Å². The van der Waals surface area contributed by atoms with Crippen LogP contribution in [0.3, 0.4) is 0 Å². The van der Waals surface area contributed by atoms with Gasteiger partial charge in [-0.05, 0) is 80.6 Å². The molecule has 3 atom stereocenters. The summed E-state index contributed by atoms with van der Waals surface area (Å²) in [6.07, 6.45) is 8.25. The zero-order valence-corrected chi connectivity index (χ0v) is 33.0. The maximum atomic E-state index is 12.5. The van der Waals surface area contributed by atoms with Crippen LogP contribution in [-0.4, -0.2) is 34.2 Å². The summed E-state index contributed by atoms with van der Waals surface area (Å²) in [7, 11) is 0. The van der Waals surface area contributed by atoms with E-state index in [9.17, 15) is 24.9 Å². The molecule has 8 bridgehead atoms. The summed E-state index contributed by atoms with van der Waals surface area (Å²) in [5.41, 5.74) is 10.3. The summed E-state index contributed by atoms with van der Waals surface area (Å²) >= 11 is 0. The van der Waals surface area contributed by atoms with Crippen LogP contribution in [0.4, 0.5) is 0 Å². The quantitative estimate of drug-likeness (QED) is 0.299. The molecular formula is C34H32K2N4O5. The smallest absolute Gasteiger partial charge is 0.550 e. The number of hydrogen-bond donors (Lipinski definition) is 2. The Labute approximate surface area is 347 Å². The van der Waals surface area contributed by atoms with Gasteiger partial charge in [-0.1, -0.05) is 26.5 Å². The van der Waals surface area contributed by atoms with E-state index < -0.39 is 23.8 Å². The molecule has 1 fully saturated rings. The van der Waals surface area contributed by atoms with E-state index in [-0.39, 0.29) is 133 Å². The number of carboxylic acid groups (broad SMARTS) is 2. The van der Waals surface area contributed by atoms with Gasteiger partial charge < -0.3 is 30.2 Å². The molecule has 5 heterocycles. The maximum Gasteiger partial charge on any atom is 1.00 e. The van der Waals surface area contributed by atoms with Crippen LogP contribution >= 0.6 is 0 Å². The fourth-order valence-corrected chi connectivity index (χ4v) is 6.93. The van der Waals surface area contributed by atoms with Crippen LogP contribution in [0.1, 0.15) is 53.9 Å². The van der Waals surface area contributed by atoms with Crippen LogP contribution in [0.2, 0.25) is 0 Å². The Hall–Kier alpha value is -1.52. The minimum absolute atomic E-state index is 0. The van der Waals surface area contributed by atoms with Crippen LogP contribution in [0.5, 0.6) is 0 Å². The Morgan fingerprint density at radius 2 is 1.67 bits per heavy atom. The number of nitrogens with zero attached hydrogens (tertiary/aromatic N) is 3.